The van der Waals surface area contributed by atoms with Gasteiger partial charge in [0.15, 0.2) is 5.96 Å². The number of ether oxygens (including phenoxy) is 2. The summed E-state index contributed by atoms with van der Waals surface area (Å²) in [6.07, 6.45) is 0.737. The summed E-state index contributed by atoms with van der Waals surface area (Å²) in [7, 11) is 4.97. The molecule has 0 unspecified atom stereocenters. The maximum atomic E-state index is 13.6. The van der Waals surface area contributed by atoms with Gasteiger partial charge in [0.2, 0.25) is 0 Å². The normalized spacial score (nSPS) is 10.7. The molecule has 0 saturated heterocycles. The van der Waals surface area contributed by atoms with Crippen molar-refractivity contribution < 1.29 is 13.9 Å². The number of benzene rings is 2. The molecule has 0 atom stereocenters. The Bertz CT molecular complexity index is 726. The summed E-state index contributed by atoms with van der Waals surface area (Å²) >= 11 is 0. The van der Waals surface area contributed by atoms with Crippen LogP contribution >= 0.6 is 24.0 Å². The van der Waals surface area contributed by atoms with Gasteiger partial charge in [-0.1, -0.05) is 18.2 Å². The van der Waals surface area contributed by atoms with Crippen LogP contribution in [-0.2, 0) is 13.0 Å². The minimum absolute atomic E-state index is 0. The smallest absolute Gasteiger partial charge is 0.191 e. The summed E-state index contributed by atoms with van der Waals surface area (Å²) in [6, 6.07) is 12.4. The maximum absolute atomic E-state index is 13.6. The fourth-order valence-electron chi connectivity index (χ4n) is 2.43. The van der Waals surface area contributed by atoms with Crippen LogP contribution in [0.1, 0.15) is 11.1 Å². The fraction of sp³-hybridized carbons (Fsp3) is 0.316. The van der Waals surface area contributed by atoms with E-state index in [1.165, 1.54) is 6.07 Å². The molecule has 2 N–H and O–H groups in total. The quantitative estimate of drug-likeness (QED) is 0.368. The summed E-state index contributed by atoms with van der Waals surface area (Å²) in [4.78, 5) is 4.16. The molecule has 0 aromatic heterocycles. The lowest BCUT2D eigenvalue weighted by Gasteiger charge is -2.14. The van der Waals surface area contributed by atoms with Crippen molar-refractivity contribution in [2.24, 2.45) is 4.99 Å². The van der Waals surface area contributed by atoms with Crippen LogP contribution in [0.5, 0.6) is 11.5 Å². The van der Waals surface area contributed by atoms with Gasteiger partial charge < -0.3 is 20.1 Å². The van der Waals surface area contributed by atoms with Crippen molar-refractivity contribution in [2.45, 2.75) is 13.0 Å². The molecule has 0 aliphatic rings. The maximum Gasteiger partial charge on any atom is 0.191 e. The number of nitrogens with zero attached hydrogens (tertiary/aromatic N) is 1. The molecule has 0 aliphatic carbocycles. The zero-order valence-electron chi connectivity index (χ0n) is 15.2. The van der Waals surface area contributed by atoms with Crippen molar-refractivity contribution >= 4 is 29.9 Å². The number of hydrogen-bond donors (Lipinski definition) is 2. The number of aliphatic imine (C=N–C) groups is 1. The zero-order chi connectivity index (χ0) is 18.1. The number of halogens is 2. The van der Waals surface area contributed by atoms with Crippen molar-refractivity contribution in [1.82, 2.24) is 10.6 Å². The molecule has 2 rings (SSSR count). The van der Waals surface area contributed by atoms with Gasteiger partial charge in [-0.25, -0.2) is 4.39 Å². The van der Waals surface area contributed by atoms with Gasteiger partial charge in [0.25, 0.3) is 0 Å². The molecular formula is C19H25FIN3O2. The predicted octanol–water partition coefficient (Wildman–Crippen LogP) is 3.37. The highest BCUT2D eigenvalue weighted by Gasteiger charge is 2.06. The van der Waals surface area contributed by atoms with Gasteiger partial charge in [-0.2, -0.15) is 0 Å². The molecule has 2 aromatic rings. The molecule has 0 saturated carbocycles. The van der Waals surface area contributed by atoms with Gasteiger partial charge in [0, 0.05) is 25.7 Å². The summed E-state index contributed by atoms with van der Waals surface area (Å²) in [5.74, 6) is 1.99. The van der Waals surface area contributed by atoms with Crippen LogP contribution < -0.4 is 20.1 Å². The van der Waals surface area contributed by atoms with Gasteiger partial charge in [-0.15, -0.1) is 24.0 Å². The number of methoxy groups -OCH3 is 2. The average Bonchev–Trinajstić information content (AvgIpc) is 2.65. The second-order valence-corrected chi connectivity index (χ2v) is 5.37. The molecule has 2 aromatic carbocycles. The van der Waals surface area contributed by atoms with Crippen LogP contribution in [-0.4, -0.2) is 33.8 Å². The monoisotopic (exact) mass is 473 g/mol. The van der Waals surface area contributed by atoms with Crippen LogP contribution in [0.3, 0.4) is 0 Å². The van der Waals surface area contributed by atoms with Gasteiger partial charge in [-0.05, 0) is 36.2 Å². The highest BCUT2D eigenvalue weighted by Crippen LogP contribution is 2.24. The third-order valence-electron chi connectivity index (χ3n) is 3.80. The molecule has 26 heavy (non-hydrogen) atoms. The van der Waals surface area contributed by atoms with Gasteiger partial charge in [0.1, 0.15) is 17.3 Å². The molecule has 0 bridgehead atoms. The van der Waals surface area contributed by atoms with E-state index in [9.17, 15) is 4.39 Å². The minimum atomic E-state index is -0.230. The Kier molecular flexibility index (Phi) is 9.79. The minimum Gasteiger partial charge on any atom is -0.497 e. The lowest BCUT2D eigenvalue weighted by molar-refractivity contribution is 0.398. The molecule has 142 valence electrons. The SMILES string of the molecule is CN=C(NCCc1cc(OC)ccc1OC)NCc1ccccc1F.I. The Balaban J connectivity index is 0.00000338. The second-order valence-electron chi connectivity index (χ2n) is 5.37. The van der Waals surface area contributed by atoms with Crippen molar-refractivity contribution in [3.8, 4) is 11.5 Å². The largest absolute Gasteiger partial charge is 0.497 e. The van der Waals surface area contributed by atoms with Crippen molar-refractivity contribution in [3.05, 3.63) is 59.4 Å². The molecule has 7 heteroatoms. The Labute approximate surface area is 171 Å². The topological polar surface area (TPSA) is 54.9 Å². The third kappa shape index (κ3) is 6.36. The second kappa shape index (κ2) is 11.6. The highest BCUT2D eigenvalue weighted by atomic mass is 127. The number of guanidine groups is 1. The highest BCUT2D eigenvalue weighted by molar-refractivity contribution is 14.0. The van der Waals surface area contributed by atoms with Crippen LogP contribution in [0.15, 0.2) is 47.5 Å². The number of nitrogens with one attached hydrogen (secondary N) is 2. The molecule has 0 fully saturated rings. The lowest BCUT2D eigenvalue weighted by atomic mass is 10.1. The van der Waals surface area contributed by atoms with E-state index >= 15 is 0 Å². The first-order valence-corrected chi connectivity index (χ1v) is 8.06. The molecule has 0 amide bonds. The Morgan fingerprint density at radius 1 is 1.04 bits per heavy atom. The Hall–Kier alpha value is -2.03. The molecule has 0 spiro atoms. The van der Waals surface area contributed by atoms with Crippen LogP contribution in [0.4, 0.5) is 4.39 Å². The van der Waals surface area contributed by atoms with E-state index in [2.05, 4.69) is 15.6 Å². The lowest BCUT2D eigenvalue weighted by Crippen LogP contribution is -2.38. The van der Waals surface area contributed by atoms with Gasteiger partial charge >= 0.3 is 0 Å². The van der Waals surface area contributed by atoms with Gasteiger partial charge in [-0.3, -0.25) is 4.99 Å². The molecule has 0 aliphatic heterocycles. The fourth-order valence-corrected chi connectivity index (χ4v) is 2.43. The van der Waals surface area contributed by atoms with Crippen LogP contribution in [0.25, 0.3) is 0 Å². The molecule has 0 radical (unpaired) electrons. The van der Waals surface area contributed by atoms with E-state index in [1.54, 1.807) is 33.4 Å². The number of rotatable bonds is 7. The van der Waals surface area contributed by atoms with E-state index in [1.807, 2.05) is 24.3 Å². The van der Waals surface area contributed by atoms with Crippen molar-refractivity contribution in [2.75, 3.05) is 27.8 Å². The first kappa shape index (κ1) is 22.0. The standard InChI is InChI=1S/C19H24FN3O2.HI/c1-21-19(23-13-15-6-4-5-7-17(15)20)22-11-10-14-12-16(24-2)8-9-18(14)25-3;/h4-9,12H,10-11,13H2,1-3H3,(H2,21,22,23);1H. The third-order valence-corrected chi connectivity index (χ3v) is 3.80. The first-order chi connectivity index (χ1) is 12.2. The Morgan fingerprint density at radius 2 is 1.81 bits per heavy atom. The summed E-state index contributed by atoms with van der Waals surface area (Å²) < 4.78 is 24.3. The van der Waals surface area contributed by atoms with Crippen molar-refractivity contribution in [3.63, 3.8) is 0 Å². The molecular weight excluding hydrogens is 448 g/mol. The van der Waals surface area contributed by atoms with E-state index in [4.69, 9.17) is 9.47 Å². The predicted molar refractivity (Wildman–Crippen MR) is 113 cm³/mol. The summed E-state index contributed by atoms with van der Waals surface area (Å²) in [6.45, 7) is 1.02. The summed E-state index contributed by atoms with van der Waals surface area (Å²) in [5.41, 5.74) is 1.64. The average molecular weight is 473 g/mol. The molecule has 5 nitrogen and oxygen atoms in total. The van der Waals surface area contributed by atoms with E-state index in [0.717, 1.165) is 23.5 Å². The first-order valence-electron chi connectivity index (χ1n) is 8.06. The Morgan fingerprint density at radius 3 is 2.46 bits per heavy atom. The van der Waals surface area contributed by atoms with E-state index in [-0.39, 0.29) is 29.8 Å². The van der Waals surface area contributed by atoms with Crippen molar-refractivity contribution in [1.29, 1.82) is 0 Å². The number of hydrogen-bond acceptors (Lipinski definition) is 3. The van der Waals surface area contributed by atoms with E-state index < -0.39 is 0 Å². The zero-order valence-corrected chi connectivity index (χ0v) is 17.5. The van der Waals surface area contributed by atoms with E-state index in [0.29, 0.717) is 24.6 Å². The summed E-state index contributed by atoms with van der Waals surface area (Å²) in [5, 5.41) is 6.32. The molecule has 0 heterocycles. The van der Waals surface area contributed by atoms with Crippen LogP contribution in [0, 0.1) is 5.82 Å². The van der Waals surface area contributed by atoms with Gasteiger partial charge in [0.05, 0.1) is 14.2 Å². The van der Waals surface area contributed by atoms with Crippen LogP contribution in [0.2, 0.25) is 0 Å².